The zero-order valence-corrected chi connectivity index (χ0v) is 11.0. The van der Waals surface area contributed by atoms with Crippen LogP contribution in [-0.2, 0) is 19.6 Å². The molecule has 94 valence electrons. The lowest BCUT2D eigenvalue weighted by molar-refractivity contribution is -0.158. The summed E-state index contributed by atoms with van der Waals surface area (Å²) in [6.45, 7) is 7.25. The van der Waals surface area contributed by atoms with Crippen molar-refractivity contribution in [1.82, 2.24) is 4.31 Å². The van der Waals surface area contributed by atoms with E-state index in [-0.39, 0.29) is 5.75 Å². The van der Waals surface area contributed by atoms with Crippen LogP contribution in [0.15, 0.2) is 0 Å². The number of carbonyl (C=O) groups excluding carboxylic acids is 1. The maximum Gasteiger partial charge on any atom is 0.324 e. The topological polar surface area (TPSA) is 63.7 Å². The third-order valence-corrected chi connectivity index (χ3v) is 4.34. The molecule has 1 fully saturated rings. The molecule has 0 spiro atoms. The van der Waals surface area contributed by atoms with Gasteiger partial charge in [0.15, 0.2) is 0 Å². The van der Waals surface area contributed by atoms with E-state index in [1.54, 1.807) is 27.7 Å². The molecule has 1 aliphatic rings. The first-order valence-electron chi connectivity index (χ1n) is 5.36. The van der Waals surface area contributed by atoms with E-state index in [0.717, 1.165) is 0 Å². The van der Waals surface area contributed by atoms with Gasteiger partial charge in [-0.15, -0.1) is 0 Å². The first-order chi connectivity index (χ1) is 7.13. The fourth-order valence-electron chi connectivity index (χ4n) is 1.60. The average Bonchev–Trinajstić information content (AvgIpc) is 2.40. The van der Waals surface area contributed by atoms with Gasteiger partial charge in [0, 0.05) is 6.54 Å². The van der Waals surface area contributed by atoms with Crippen LogP contribution in [0, 0.1) is 0 Å². The maximum absolute atomic E-state index is 11.7. The number of esters is 1. The first kappa shape index (κ1) is 13.4. The van der Waals surface area contributed by atoms with E-state index in [9.17, 15) is 13.2 Å². The molecule has 1 heterocycles. The number of rotatable bonds is 2. The minimum Gasteiger partial charge on any atom is -0.459 e. The van der Waals surface area contributed by atoms with Gasteiger partial charge in [-0.2, -0.15) is 4.31 Å². The molecule has 0 aliphatic carbocycles. The molecular formula is C10H19NO4S. The highest BCUT2D eigenvalue weighted by Crippen LogP contribution is 2.19. The van der Waals surface area contributed by atoms with Gasteiger partial charge in [0.25, 0.3) is 0 Å². The van der Waals surface area contributed by atoms with Gasteiger partial charge in [-0.25, -0.2) is 8.42 Å². The molecular weight excluding hydrogens is 230 g/mol. The lowest BCUT2D eigenvalue weighted by Gasteiger charge is -2.26. The quantitative estimate of drug-likeness (QED) is 0.678. The number of carbonyl (C=O) groups is 1. The summed E-state index contributed by atoms with van der Waals surface area (Å²) in [6, 6.07) is -0.730. The molecule has 5 nitrogen and oxygen atoms in total. The van der Waals surface area contributed by atoms with Crippen molar-refractivity contribution in [2.24, 2.45) is 0 Å². The summed E-state index contributed by atoms with van der Waals surface area (Å²) < 4.78 is 29.6. The van der Waals surface area contributed by atoms with Crippen LogP contribution in [-0.4, -0.2) is 42.6 Å². The average molecular weight is 249 g/mol. The van der Waals surface area contributed by atoms with Crippen molar-refractivity contribution in [2.45, 2.75) is 45.8 Å². The van der Waals surface area contributed by atoms with Crippen LogP contribution >= 0.6 is 0 Å². The Kier molecular flexibility index (Phi) is 3.64. The number of hydrogen-bond donors (Lipinski definition) is 0. The summed E-state index contributed by atoms with van der Waals surface area (Å²) in [6.07, 6.45) is 0.579. The summed E-state index contributed by atoms with van der Waals surface area (Å²) in [5, 5.41) is 0. The highest BCUT2D eigenvalue weighted by Gasteiger charge is 2.37. The molecule has 0 radical (unpaired) electrons. The third kappa shape index (κ3) is 3.18. The minimum atomic E-state index is -3.25. The van der Waals surface area contributed by atoms with Crippen molar-refractivity contribution < 1.29 is 17.9 Å². The van der Waals surface area contributed by atoms with Crippen molar-refractivity contribution >= 4 is 16.0 Å². The Hall–Kier alpha value is -0.620. The Balaban J connectivity index is 2.72. The highest BCUT2D eigenvalue weighted by molar-refractivity contribution is 7.89. The van der Waals surface area contributed by atoms with E-state index in [1.165, 1.54) is 4.31 Å². The predicted molar refractivity (Wildman–Crippen MR) is 60.4 cm³/mol. The zero-order valence-electron chi connectivity index (χ0n) is 10.2. The largest absolute Gasteiger partial charge is 0.459 e. The second-order valence-electron chi connectivity index (χ2n) is 4.99. The molecule has 0 bridgehead atoms. The van der Waals surface area contributed by atoms with Crippen LogP contribution in [0.5, 0.6) is 0 Å². The molecule has 1 saturated heterocycles. The first-order valence-corrected chi connectivity index (χ1v) is 6.97. The van der Waals surface area contributed by atoms with Crippen molar-refractivity contribution in [1.29, 1.82) is 0 Å². The third-order valence-electron chi connectivity index (χ3n) is 2.32. The second-order valence-corrected chi connectivity index (χ2v) is 7.03. The molecule has 1 atom stereocenters. The van der Waals surface area contributed by atoms with Crippen LogP contribution in [0.2, 0.25) is 0 Å². The Morgan fingerprint density at radius 1 is 1.38 bits per heavy atom. The van der Waals surface area contributed by atoms with Gasteiger partial charge in [-0.05, 0) is 34.1 Å². The SMILES string of the molecule is CC(C(=O)OC(C)(C)C)N1CCCS1(=O)=O. The summed E-state index contributed by atoms with van der Waals surface area (Å²) >= 11 is 0. The van der Waals surface area contributed by atoms with E-state index < -0.39 is 27.6 Å². The fraction of sp³-hybridized carbons (Fsp3) is 0.900. The van der Waals surface area contributed by atoms with Gasteiger partial charge < -0.3 is 4.74 Å². The van der Waals surface area contributed by atoms with Gasteiger partial charge in [-0.3, -0.25) is 4.79 Å². The molecule has 16 heavy (non-hydrogen) atoms. The van der Waals surface area contributed by atoms with Crippen LogP contribution in [0.1, 0.15) is 34.1 Å². The summed E-state index contributed by atoms with van der Waals surface area (Å²) in [5.74, 6) is -0.363. The van der Waals surface area contributed by atoms with Crippen molar-refractivity contribution in [3.63, 3.8) is 0 Å². The Morgan fingerprint density at radius 2 is 1.94 bits per heavy atom. The second kappa shape index (κ2) is 4.33. The molecule has 6 heteroatoms. The number of ether oxygens (including phenoxy) is 1. The summed E-state index contributed by atoms with van der Waals surface area (Å²) in [5.41, 5.74) is -0.588. The smallest absolute Gasteiger partial charge is 0.324 e. The summed E-state index contributed by atoms with van der Waals surface area (Å²) in [7, 11) is -3.25. The molecule has 0 aromatic carbocycles. The molecule has 0 aromatic rings. The monoisotopic (exact) mass is 249 g/mol. The molecule has 0 amide bonds. The number of nitrogens with zero attached hydrogens (tertiary/aromatic N) is 1. The van der Waals surface area contributed by atoms with Crippen LogP contribution in [0.3, 0.4) is 0 Å². The Bertz CT molecular complexity index is 369. The van der Waals surface area contributed by atoms with Crippen molar-refractivity contribution in [3.05, 3.63) is 0 Å². The Labute approximate surface area is 96.8 Å². The minimum absolute atomic E-state index is 0.125. The van der Waals surface area contributed by atoms with Gasteiger partial charge in [-0.1, -0.05) is 0 Å². The van der Waals surface area contributed by atoms with Crippen molar-refractivity contribution in [2.75, 3.05) is 12.3 Å². The van der Waals surface area contributed by atoms with Gasteiger partial charge >= 0.3 is 5.97 Å². The number of hydrogen-bond acceptors (Lipinski definition) is 4. The molecule has 1 rings (SSSR count). The zero-order chi connectivity index (χ0) is 12.6. The molecule has 0 saturated carbocycles. The standard InChI is InChI=1S/C10H19NO4S/c1-8(9(12)15-10(2,3)4)11-6-5-7-16(11,13)14/h8H,5-7H2,1-4H3. The van der Waals surface area contributed by atoms with Gasteiger partial charge in [0.1, 0.15) is 11.6 Å². The van der Waals surface area contributed by atoms with E-state index >= 15 is 0 Å². The Morgan fingerprint density at radius 3 is 2.31 bits per heavy atom. The predicted octanol–water partition coefficient (Wildman–Crippen LogP) is 0.752. The maximum atomic E-state index is 11.7. The van der Waals surface area contributed by atoms with Gasteiger partial charge in [0.05, 0.1) is 5.75 Å². The van der Waals surface area contributed by atoms with Crippen LogP contribution in [0.25, 0.3) is 0 Å². The van der Waals surface area contributed by atoms with Crippen molar-refractivity contribution in [3.8, 4) is 0 Å². The highest BCUT2D eigenvalue weighted by atomic mass is 32.2. The van der Waals surface area contributed by atoms with E-state index in [2.05, 4.69) is 0 Å². The molecule has 1 unspecified atom stereocenters. The molecule has 0 N–H and O–H groups in total. The summed E-state index contributed by atoms with van der Waals surface area (Å²) in [4.78, 5) is 11.7. The van der Waals surface area contributed by atoms with E-state index in [1.807, 2.05) is 0 Å². The lowest BCUT2D eigenvalue weighted by atomic mass is 10.2. The van der Waals surface area contributed by atoms with Gasteiger partial charge in [0.2, 0.25) is 10.0 Å². The fourth-order valence-corrected chi connectivity index (χ4v) is 3.30. The van der Waals surface area contributed by atoms with Crippen LogP contribution in [0.4, 0.5) is 0 Å². The van der Waals surface area contributed by atoms with Crippen LogP contribution < -0.4 is 0 Å². The number of sulfonamides is 1. The lowest BCUT2D eigenvalue weighted by Crippen LogP contribution is -2.43. The van der Waals surface area contributed by atoms with E-state index in [0.29, 0.717) is 13.0 Å². The molecule has 0 aromatic heterocycles. The molecule has 1 aliphatic heterocycles. The van der Waals surface area contributed by atoms with E-state index in [4.69, 9.17) is 4.74 Å². The normalized spacial score (nSPS) is 23.0.